The quantitative estimate of drug-likeness (QED) is 0.639. The average molecular weight is 383 g/mol. The Morgan fingerprint density at radius 2 is 1.96 bits per heavy atom. The van der Waals surface area contributed by atoms with Crippen molar-refractivity contribution >= 4 is 28.1 Å². The molecular weight excluding hydrogens is 362 g/mol. The smallest absolute Gasteiger partial charge is 0.265 e. The van der Waals surface area contributed by atoms with Crippen LogP contribution in [0.3, 0.4) is 0 Å². The fraction of sp³-hybridized carbons (Fsp3) is 0.200. The van der Waals surface area contributed by atoms with Crippen LogP contribution in [-0.4, -0.2) is 23.6 Å². The highest BCUT2D eigenvalue weighted by molar-refractivity contribution is 7.13. The van der Waals surface area contributed by atoms with Gasteiger partial charge in [0.1, 0.15) is 11.5 Å². The van der Waals surface area contributed by atoms with Gasteiger partial charge < -0.3 is 20.5 Å². The lowest BCUT2D eigenvalue weighted by atomic mass is 10.2. The molecular formula is C20H21N3O3S. The Morgan fingerprint density at radius 3 is 2.63 bits per heavy atom. The second kappa shape index (κ2) is 8.55. The molecule has 0 bridgehead atoms. The Morgan fingerprint density at radius 1 is 1.22 bits per heavy atom. The SMILES string of the molecule is CCOc1ccccc1NC(=O)C(C)Oc1ccc(-c2csc(N)n2)cc1. The summed E-state index contributed by atoms with van der Waals surface area (Å²) in [5, 5.41) is 5.27. The number of carbonyl (C=O) groups excluding carboxylic acids is 1. The van der Waals surface area contributed by atoms with Crippen molar-refractivity contribution in [3.63, 3.8) is 0 Å². The first-order valence-electron chi connectivity index (χ1n) is 8.57. The molecule has 140 valence electrons. The van der Waals surface area contributed by atoms with E-state index in [0.717, 1.165) is 11.3 Å². The number of thiazole rings is 1. The van der Waals surface area contributed by atoms with Crippen molar-refractivity contribution in [2.45, 2.75) is 20.0 Å². The third kappa shape index (κ3) is 4.77. The largest absolute Gasteiger partial charge is 0.492 e. The third-order valence-electron chi connectivity index (χ3n) is 3.80. The second-order valence-corrected chi connectivity index (χ2v) is 6.66. The lowest BCUT2D eigenvalue weighted by Crippen LogP contribution is -2.30. The van der Waals surface area contributed by atoms with E-state index in [9.17, 15) is 4.79 Å². The van der Waals surface area contributed by atoms with Crippen LogP contribution in [0.25, 0.3) is 11.3 Å². The van der Waals surface area contributed by atoms with Crippen LogP contribution in [-0.2, 0) is 4.79 Å². The molecule has 7 heteroatoms. The summed E-state index contributed by atoms with van der Waals surface area (Å²) in [7, 11) is 0. The molecule has 0 fully saturated rings. The van der Waals surface area contributed by atoms with E-state index in [0.29, 0.717) is 28.9 Å². The van der Waals surface area contributed by atoms with Gasteiger partial charge in [0, 0.05) is 10.9 Å². The van der Waals surface area contributed by atoms with Gasteiger partial charge in [0.25, 0.3) is 5.91 Å². The van der Waals surface area contributed by atoms with Crippen LogP contribution >= 0.6 is 11.3 Å². The first-order valence-corrected chi connectivity index (χ1v) is 9.45. The van der Waals surface area contributed by atoms with Gasteiger partial charge in [-0.05, 0) is 50.2 Å². The van der Waals surface area contributed by atoms with Gasteiger partial charge in [-0.3, -0.25) is 4.79 Å². The number of nitrogens with one attached hydrogen (secondary N) is 1. The summed E-state index contributed by atoms with van der Waals surface area (Å²) in [4.78, 5) is 16.7. The van der Waals surface area contributed by atoms with Crippen molar-refractivity contribution in [2.75, 3.05) is 17.7 Å². The zero-order valence-corrected chi connectivity index (χ0v) is 16.0. The van der Waals surface area contributed by atoms with Crippen LogP contribution in [0.2, 0.25) is 0 Å². The molecule has 3 aromatic rings. The minimum absolute atomic E-state index is 0.251. The van der Waals surface area contributed by atoms with Gasteiger partial charge in [-0.15, -0.1) is 11.3 Å². The monoisotopic (exact) mass is 383 g/mol. The van der Waals surface area contributed by atoms with E-state index >= 15 is 0 Å². The number of ether oxygens (including phenoxy) is 2. The van der Waals surface area contributed by atoms with Crippen molar-refractivity contribution in [3.8, 4) is 22.8 Å². The fourth-order valence-electron chi connectivity index (χ4n) is 2.47. The molecule has 1 aromatic heterocycles. The van der Waals surface area contributed by atoms with Crippen molar-refractivity contribution in [1.29, 1.82) is 0 Å². The van der Waals surface area contributed by atoms with E-state index in [2.05, 4.69) is 10.3 Å². The van der Waals surface area contributed by atoms with Crippen LogP contribution < -0.4 is 20.5 Å². The van der Waals surface area contributed by atoms with Gasteiger partial charge in [-0.2, -0.15) is 0 Å². The number of benzene rings is 2. The van der Waals surface area contributed by atoms with E-state index in [1.165, 1.54) is 11.3 Å². The molecule has 6 nitrogen and oxygen atoms in total. The summed E-state index contributed by atoms with van der Waals surface area (Å²) in [6, 6.07) is 14.7. The number of rotatable bonds is 7. The molecule has 0 aliphatic heterocycles. The minimum atomic E-state index is -0.666. The van der Waals surface area contributed by atoms with E-state index in [1.807, 2.05) is 54.8 Å². The normalized spacial score (nSPS) is 11.6. The van der Waals surface area contributed by atoms with Crippen LogP contribution in [0, 0.1) is 0 Å². The van der Waals surface area contributed by atoms with E-state index in [4.69, 9.17) is 15.2 Å². The molecule has 1 unspecified atom stereocenters. The van der Waals surface area contributed by atoms with Gasteiger partial charge in [0.15, 0.2) is 11.2 Å². The molecule has 0 saturated carbocycles. The number of para-hydroxylation sites is 2. The number of nitrogens with two attached hydrogens (primary N) is 1. The molecule has 0 spiro atoms. The number of amides is 1. The summed E-state index contributed by atoms with van der Waals surface area (Å²) in [5.74, 6) is 0.980. The van der Waals surface area contributed by atoms with Crippen LogP contribution in [0.4, 0.5) is 10.8 Å². The predicted octanol–water partition coefficient (Wildman–Crippen LogP) is 4.20. The van der Waals surface area contributed by atoms with E-state index in [-0.39, 0.29) is 5.91 Å². The summed E-state index contributed by atoms with van der Waals surface area (Å²) in [6.07, 6.45) is -0.666. The van der Waals surface area contributed by atoms with Gasteiger partial charge >= 0.3 is 0 Å². The summed E-state index contributed by atoms with van der Waals surface area (Å²) in [6.45, 7) is 4.12. The topological polar surface area (TPSA) is 86.5 Å². The number of carbonyl (C=O) groups is 1. The second-order valence-electron chi connectivity index (χ2n) is 5.77. The molecule has 27 heavy (non-hydrogen) atoms. The molecule has 0 saturated heterocycles. The van der Waals surface area contributed by atoms with Crippen LogP contribution in [0.15, 0.2) is 53.9 Å². The fourth-order valence-corrected chi connectivity index (χ4v) is 3.04. The van der Waals surface area contributed by atoms with Crippen molar-refractivity contribution in [3.05, 3.63) is 53.9 Å². The number of aromatic nitrogens is 1. The summed E-state index contributed by atoms with van der Waals surface area (Å²) < 4.78 is 11.3. The van der Waals surface area contributed by atoms with Gasteiger partial charge in [-0.1, -0.05) is 12.1 Å². The van der Waals surface area contributed by atoms with E-state index < -0.39 is 6.10 Å². The maximum Gasteiger partial charge on any atom is 0.265 e. The predicted molar refractivity (Wildman–Crippen MR) is 108 cm³/mol. The highest BCUT2D eigenvalue weighted by Crippen LogP contribution is 2.26. The average Bonchev–Trinajstić information content (AvgIpc) is 3.10. The van der Waals surface area contributed by atoms with Crippen LogP contribution in [0.5, 0.6) is 11.5 Å². The highest BCUT2D eigenvalue weighted by atomic mass is 32.1. The first-order chi connectivity index (χ1) is 13.1. The van der Waals surface area contributed by atoms with Crippen molar-refractivity contribution in [2.24, 2.45) is 0 Å². The van der Waals surface area contributed by atoms with Crippen LogP contribution in [0.1, 0.15) is 13.8 Å². The number of hydrogen-bond donors (Lipinski definition) is 2. The van der Waals surface area contributed by atoms with Gasteiger partial charge in [0.2, 0.25) is 0 Å². The van der Waals surface area contributed by atoms with E-state index in [1.54, 1.807) is 13.0 Å². The number of nitrogen functional groups attached to an aromatic ring is 1. The zero-order chi connectivity index (χ0) is 19.2. The molecule has 1 heterocycles. The molecule has 1 amide bonds. The Bertz CT molecular complexity index is 909. The third-order valence-corrected chi connectivity index (χ3v) is 4.47. The molecule has 0 aliphatic carbocycles. The number of nitrogens with zero attached hydrogens (tertiary/aromatic N) is 1. The van der Waals surface area contributed by atoms with Crippen molar-refractivity contribution in [1.82, 2.24) is 4.98 Å². The standard InChI is InChI=1S/C20H21N3O3S/c1-3-25-18-7-5-4-6-16(18)22-19(24)13(2)26-15-10-8-14(9-11-15)17-12-27-20(21)23-17/h4-13H,3H2,1-2H3,(H2,21,23)(H,22,24). The number of anilines is 2. The Kier molecular flexibility index (Phi) is 5.93. The maximum atomic E-state index is 12.5. The Balaban J connectivity index is 1.63. The minimum Gasteiger partial charge on any atom is -0.492 e. The Labute approximate surface area is 162 Å². The van der Waals surface area contributed by atoms with Gasteiger partial charge in [0.05, 0.1) is 18.0 Å². The summed E-state index contributed by atoms with van der Waals surface area (Å²) in [5.41, 5.74) is 8.05. The van der Waals surface area contributed by atoms with Crippen molar-refractivity contribution < 1.29 is 14.3 Å². The highest BCUT2D eigenvalue weighted by Gasteiger charge is 2.17. The molecule has 1 atom stereocenters. The molecule has 0 aliphatic rings. The molecule has 0 radical (unpaired) electrons. The Hall–Kier alpha value is -3.06. The first kappa shape index (κ1) is 18.7. The molecule has 3 rings (SSSR count). The van der Waals surface area contributed by atoms with Gasteiger partial charge in [-0.25, -0.2) is 4.98 Å². The maximum absolute atomic E-state index is 12.5. The lowest BCUT2D eigenvalue weighted by molar-refractivity contribution is -0.122. The number of hydrogen-bond acceptors (Lipinski definition) is 6. The molecule has 3 N–H and O–H groups in total. The summed E-state index contributed by atoms with van der Waals surface area (Å²) >= 11 is 1.40. The zero-order valence-electron chi connectivity index (χ0n) is 15.1. The molecule has 2 aromatic carbocycles. The lowest BCUT2D eigenvalue weighted by Gasteiger charge is -2.16.